The summed E-state index contributed by atoms with van der Waals surface area (Å²) in [6.07, 6.45) is 0.378. The Balaban J connectivity index is 4.67. The quantitative estimate of drug-likeness (QED) is 0.398. The number of carbonyl (C=O) groups is 2. The van der Waals surface area contributed by atoms with E-state index in [0.717, 1.165) is 6.08 Å². The van der Waals surface area contributed by atoms with Gasteiger partial charge in [-0.25, -0.2) is 4.79 Å². The maximum absolute atomic E-state index is 11.6. The highest BCUT2D eigenvalue weighted by atomic mass is 16.6. The molecule has 0 N–H and O–H groups in total. The van der Waals surface area contributed by atoms with Crippen LogP contribution in [-0.4, -0.2) is 30.1 Å². The summed E-state index contributed by atoms with van der Waals surface area (Å²) in [4.78, 5) is 33.3. The van der Waals surface area contributed by atoms with Crippen LogP contribution in [0.5, 0.6) is 0 Å². The molecule has 0 aliphatic carbocycles. The molecule has 0 radical (unpaired) electrons. The summed E-state index contributed by atoms with van der Waals surface area (Å²) < 4.78 is 9.85. The van der Waals surface area contributed by atoms with E-state index in [-0.39, 0.29) is 18.6 Å². The van der Waals surface area contributed by atoms with Gasteiger partial charge in [-0.15, -0.1) is 0 Å². The van der Waals surface area contributed by atoms with Crippen LogP contribution < -0.4 is 0 Å². The largest absolute Gasteiger partial charge is 0.462 e. The Morgan fingerprint density at radius 3 is 1.76 bits per heavy atom. The van der Waals surface area contributed by atoms with Crippen LogP contribution in [0.1, 0.15) is 34.1 Å². The maximum atomic E-state index is 11.6. The van der Waals surface area contributed by atoms with Gasteiger partial charge in [0.2, 0.25) is 0 Å². The van der Waals surface area contributed by atoms with Crippen molar-refractivity contribution in [2.45, 2.75) is 46.3 Å². The van der Waals surface area contributed by atoms with Gasteiger partial charge in [-0.05, 0) is 27.7 Å². The third-order valence-corrected chi connectivity index (χ3v) is 1.71. The maximum Gasteiger partial charge on any atom is 0.320 e. The number of esters is 2. The van der Waals surface area contributed by atoms with E-state index in [0.29, 0.717) is 0 Å². The van der Waals surface area contributed by atoms with Crippen LogP contribution in [0.15, 0.2) is 6.08 Å². The predicted octanol–water partition coefficient (Wildman–Crippen LogP) is 1.28. The Morgan fingerprint density at radius 2 is 1.47 bits per heavy atom. The van der Waals surface area contributed by atoms with Gasteiger partial charge in [-0.1, -0.05) is 0 Å². The van der Waals surface area contributed by atoms with Crippen LogP contribution in [0, 0.1) is 5.92 Å². The molecule has 0 aliphatic heterocycles. The Labute approximate surface area is 101 Å². The average molecular weight is 242 g/mol. The summed E-state index contributed by atoms with van der Waals surface area (Å²) >= 11 is 0. The van der Waals surface area contributed by atoms with E-state index in [2.05, 4.69) is 0 Å². The van der Waals surface area contributed by atoms with Gasteiger partial charge in [-0.2, -0.15) is 0 Å². The molecule has 5 nitrogen and oxygen atoms in total. The van der Waals surface area contributed by atoms with Crippen molar-refractivity contribution in [2.24, 2.45) is 5.92 Å². The Hall–Kier alpha value is -1.61. The van der Waals surface area contributed by atoms with E-state index in [9.17, 15) is 14.4 Å². The van der Waals surface area contributed by atoms with Gasteiger partial charge in [-0.3, -0.25) is 9.59 Å². The summed E-state index contributed by atoms with van der Waals surface area (Å²) in [6, 6.07) is 0. The molecule has 0 bridgehead atoms. The van der Waals surface area contributed by atoms with Gasteiger partial charge in [0, 0.05) is 12.5 Å². The Kier molecular flexibility index (Phi) is 6.91. The van der Waals surface area contributed by atoms with Gasteiger partial charge in [0.05, 0.1) is 12.2 Å². The molecular formula is C12H18O5. The lowest BCUT2D eigenvalue weighted by Crippen LogP contribution is -2.30. The summed E-state index contributed by atoms with van der Waals surface area (Å²) in [6.45, 7) is 6.72. The van der Waals surface area contributed by atoms with Crippen LogP contribution in [0.3, 0.4) is 0 Å². The smallest absolute Gasteiger partial charge is 0.320 e. The molecular weight excluding hydrogens is 224 g/mol. The molecule has 0 aliphatic rings. The van der Waals surface area contributed by atoms with Crippen molar-refractivity contribution in [2.75, 3.05) is 0 Å². The SMILES string of the molecule is CC(C)OC(=O)C(CC=C=O)C(=O)OC(C)C. The normalized spacial score (nSPS) is 10.3. The van der Waals surface area contributed by atoms with Gasteiger partial charge < -0.3 is 9.47 Å². The predicted molar refractivity (Wildman–Crippen MR) is 60.8 cm³/mol. The molecule has 96 valence electrons. The van der Waals surface area contributed by atoms with Crippen molar-refractivity contribution in [3.8, 4) is 0 Å². The van der Waals surface area contributed by atoms with E-state index in [1.165, 1.54) is 5.94 Å². The number of allylic oxidation sites excluding steroid dienone is 1. The molecule has 0 aromatic carbocycles. The van der Waals surface area contributed by atoms with E-state index < -0.39 is 17.9 Å². The fourth-order valence-corrected chi connectivity index (χ4v) is 1.08. The Bertz CT molecular complexity index is 291. The van der Waals surface area contributed by atoms with Crippen molar-refractivity contribution >= 4 is 17.9 Å². The van der Waals surface area contributed by atoms with Gasteiger partial charge >= 0.3 is 11.9 Å². The molecule has 5 heteroatoms. The fourth-order valence-electron chi connectivity index (χ4n) is 1.08. The second kappa shape index (κ2) is 7.63. The molecule has 0 rings (SSSR count). The fraction of sp³-hybridized carbons (Fsp3) is 0.667. The zero-order valence-corrected chi connectivity index (χ0v) is 10.6. The lowest BCUT2D eigenvalue weighted by atomic mass is 10.1. The second-order valence-electron chi connectivity index (χ2n) is 4.08. The van der Waals surface area contributed by atoms with E-state index in [1.54, 1.807) is 27.7 Å². The minimum Gasteiger partial charge on any atom is -0.462 e. The van der Waals surface area contributed by atoms with Crippen LogP contribution in [0.2, 0.25) is 0 Å². The number of hydrogen-bond acceptors (Lipinski definition) is 5. The molecule has 17 heavy (non-hydrogen) atoms. The van der Waals surface area contributed by atoms with Crippen LogP contribution in [-0.2, 0) is 23.9 Å². The first-order valence-corrected chi connectivity index (χ1v) is 5.48. The zero-order valence-electron chi connectivity index (χ0n) is 10.6. The van der Waals surface area contributed by atoms with Crippen LogP contribution in [0.4, 0.5) is 0 Å². The summed E-state index contributed by atoms with van der Waals surface area (Å²) in [5.74, 6) is -0.938. The topological polar surface area (TPSA) is 69.7 Å². The Morgan fingerprint density at radius 1 is 1.06 bits per heavy atom. The van der Waals surface area contributed by atoms with E-state index >= 15 is 0 Å². The number of rotatable bonds is 6. The van der Waals surface area contributed by atoms with Gasteiger partial charge in [0.15, 0.2) is 5.92 Å². The van der Waals surface area contributed by atoms with Crippen molar-refractivity contribution in [3.05, 3.63) is 6.08 Å². The molecule has 0 spiro atoms. The molecule has 0 atom stereocenters. The minimum atomic E-state index is -1.10. The summed E-state index contributed by atoms with van der Waals surface area (Å²) in [5, 5.41) is 0. The van der Waals surface area contributed by atoms with Gasteiger partial charge in [0.25, 0.3) is 0 Å². The molecule has 0 unspecified atom stereocenters. The highest BCUT2D eigenvalue weighted by Crippen LogP contribution is 2.11. The first-order chi connectivity index (χ1) is 7.88. The highest BCUT2D eigenvalue weighted by molar-refractivity contribution is 5.95. The minimum absolute atomic E-state index is 0.0550. The average Bonchev–Trinajstić information content (AvgIpc) is 2.15. The van der Waals surface area contributed by atoms with E-state index in [1.807, 2.05) is 0 Å². The lowest BCUT2D eigenvalue weighted by molar-refractivity contribution is -0.166. The lowest BCUT2D eigenvalue weighted by Gasteiger charge is -2.16. The molecule has 0 aromatic rings. The molecule has 0 saturated carbocycles. The molecule has 0 fully saturated rings. The number of ether oxygens (including phenoxy) is 2. The van der Waals surface area contributed by atoms with Crippen LogP contribution >= 0.6 is 0 Å². The highest BCUT2D eigenvalue weighted by Gasteiger charge is 2.30. The van der Waals surface area contributed by atoms with E-state index in [4.69, 9.17) is 9.47 Å². The summed E-state index contributed by atoms with van der Waals surface area (Å²) in [7, 11) is 0. The standard InChI is InChI=1S/C12H18O5/c1-8(2)16-11(14)10(6-5-7-13)12(15)17-9(3)4/h5,8-10H,6H2,1-4H3. The molecule has 0 aromatic heterocycles. The van der Waals surface area contributed by atoms with Gasteiger partial charge in [0.1, 0.15) is 5.94 Å². The first-order valence-electron chi connectivity index (χ1n) is 5.48. The van der Waals surface area contributed by atoms with Crippen molar-refractivity contribution in [1.82, 2.24) is 0 Å². The van der Waals surface area contributed by atoms with Crippen LogP contribution in [0.25, 0.3) is 0 Å². The monoisotopic (exact) mass is 242 g/mol. The number of carbonyl (C=O) groups excluding carboxylic acids is 3. The molecule has 0 amide bonds. The third kappa shape index (κ3) is 6.53. The van der Waals surface area contributed by atoms with Crippen molar-refractivity contribution in [1.29, 1.82) is 0 Å². The molecule has 0 heterocycles. The molecule has 0 saturated heterocycles. The zero-order chi connectivity index (χ0) is 13.4. The van der Waals surface area contributed by atoms with Crippen molar-refractivity contribution < 1.29 is 23.9 Å². The van der Waals surface area contributed by atoms with Crippen molar-refractivity contribution in [3.63, 3.8) is 0 Å². The third-order valence-electron chi connectivity index (χ3n) is 1.71. The number of hydrogen-bond donors (Lipinski definition) is 0. The second-order valence-corrected chi connectivity index (χ2v) is 4.08. The first kappa shape index (κ1) is 15.4. The summed E-state index contributed by atoms with van der Waals surface area (Å²) in [5.41, 5.74) is 0.